The molecule has 0 radical (unpaired) electrons. The Balaban J connectivity index is 2.67. The highest BCUT2D eigenvalue weighted by atomic mass is 16.6. The number of ketones is 1. The fourth-order valence-corrected chi connectivity index (χ4v) is 1.53. The second kappa shape index (κ2) is 4.63. The Kier molecular flexibility index (Phi) is 3.67. The Bertz CT molecular complexity index is 306. The Morgan fingerprint density at radius 1 is 1.50 bits per heavy atom. The number of nitrogens with zero attached hydrogens (tertiary/aromatic N) is 1. The number of piperidine rings is 1. The van der Waals surface area contributed by atoms with Crippen LogP contribution in [-0.4, -0.2) is 41.3 Å². The lowest BCUT2D eigenvalue weighted by atomic mass is 10.0. The van der Waals surface area contributed by atoms with Crippen LogP contribution in [0.4, 0.5) is 4.79 Å². The standard InChI is InChI=1S/C11H17NO4/c1-11(2,3)16-10(15)12-5-4-9(14)6-8(12)7-13/h7-8H,4-6H2,1-3H3/t8-/m0/s1. The maximum Gasteiger partial charge on any atom is 0.410 e. The van der Waals surface area contributed by atoms with Crippen LogP contribution < -0.4 is 0 Å². The Hall–Kier alpha value is -1.39. The van der Waals surface area contributed by atoms with E-state index in [4.69, 9.17) is 4.74 Å². The molecule has 0 bridgehead atoms. The zero-order chi connectivity index (χ0) is 12.3. The maximum absolute atomic E-state index is 11.7. The van der Waals surface area contributed by atoms with E-state index in [1.807, 2.05) is 0 Å². The summed E-state index contributed by atoms with van der Waals surface area (Å²) < 4.78 is 5.16. The van der Waals surface area contributed by atoms with Gasteiger partial charge in [0.05, 0.1) is 6.04 Å². The Morgan fingerprint density at radius 2 is 2.12 bits per heavy atom. The highest BCUT2D eigenvalue weighted by Crippen LogP contribution is 2.17. The van der Waals surface area contributed by atoms with Crippen LogP contribution in [0.2, 0.25) is 0 Å². The first kappa shape index (κ1) is 12.7. The monoisotopic (exact) mass is 227 g/mol. The lowest BCUT2D eigenvalue weighted by Crippen LogP contribution is -2.49. The van der Waals surface area contributed by atoms with E-state index >= 15 is 0 Å². The molecule has 0 aromatic carbocycles. The largest absolute Gasteiger partial charge is 0.444 e. The molecule has 16 heavy (non-hydrogen) atoms. The van der Waals surface area contributed by atoms with Crippen LogP contribution in [0.3, 0.4) is 0 Å². The van der Waals surface area contributed by atoms with Gasteiger partial charge in [0.25, 0.3) is 0 Å². The Labute approximate surface area is 94.7 Å². The van der Waals surface area contributed by atoms with Crippen molar-refractivity contribution in [3.05, 3.63) is 0 Å². The molecular weight excluding hydrogens is 210 g/mol. The highest BCUT2D eigenvalue weighted by Gasteiger charge is 2.33. The number of aldehydes is 1. The quantitative estimate of drug-likeness (QED) is 0.630. The van der Waals surface area contributed by atoms with Crippen molar-refractivity contribution in [1.82, 2.24) is 4.90 Å². The van der Waals surface area contributed by atoms with E-state index in [1.54, 1.807) is 20.8 Å². The topological polar surface area (TPSA) is 63.7 Å². The summed E-state index contributed by atoms with van der Waals surface area (Å²) in [4.78, 5) is 35.0. The molecule has 0 saturated carbocycles. The van der Waals surface area contributed by atoms with Crippen LogP contribution in [0, 0.1) is 0 Å². The van der Waals surface area contributed by atoms with Crippen LogP contribution in [0.5, 0.6) is 0 Å². The number of hydrogen-bond acceptors (Lipinski definition) is 4. The maximum atomic E-state index is 11.7. The minimum atomic E-state index is -0.670. The average Bonchev–Trinajstić information content (AvgIpc) is 2.14. The third kappa shape index (κ3) is 3.32. The van der Waals surface area contributed by atoms with Crippen LogP contribution in [0.1, 0.15) is 33.6 Å². The van der Waals surface area contributed by atoms with Gasteiger partial charge in [0, 0.05) is 19.4 Å². The van der Waals surface area contributed by atoms with Crippen LogP contribution in [0.15, 0.2) is 0 Å². The molecule has 1 fully saturated rings. The lowest BCUT2D eigenvalue weighted by Gasteiger charge is -2.33. The van der Waals surface area contributed by atoms with Crippen molar-refractivity contribution in [2.75, 3.05) is 6.54 Å². The SMILES string of the molecule is CC(C)(C)OC(=O)N1CCC(=O)C[C@H]1C=O. The van der Waals surface area contributed by atoms with Gasteiger partial charge in [-0.2, -0.15) is 0 Å². The average molecular weight is 227 g/mol. The molecule has 0 unspecified atom stereocenters. The van der Waals surface area contributed by atoms with Gasteiger partial charge in [0.1, 0.15) is 17.7 Å². The summed E-state index contributed by atoms with van der Waals surface area (Å²) in [5.41, 5.74) is -0.591. The number of Topliss-reactive ketones (excluding diaryl/α,β-unsaturated/α-hetero) is 1. The molecule has 0 spiro atoms. The number of rotatable bonds is 1. The van der Waals surface area contributed by atoms with Crippen LogP contribution in [-0.2, 0) is 14.3 Å². The van der Waals surface area contributed by atoms with Crippen molar-refractivity contribution in [3.8, 4) is 0 Å². The first-order valence-corrected chi connectivity index (χ1v) is 5.30. The van der Waals surface area contributed by atoms with Gasteiger partial charge in [-0.1, -0.05) is 0 Å². The molecule has 0 aromatic heterocycles. The van der Waals surface area contributed by atoms with E-state index in [2.05, 4.69) is 0 Å². The summed E-state index contributed by atoms with van der Waals surface area (Å²) in [6.45, 7) is 5.54. The molecule has 0 aromatic rings. The minimum Gasteiger partial charge on any atom is -0.444 e. The second-order valence-electron chi connectivity index (χ2n) is 4.87. The van der Waals surface area contributed by atoms with Gasteiger partial charge >= 0.3 is 6.09 Å². The number of likely N-dealkylation sites (tertiary alicyclic amines) is 1. The van der Waals surface area contributed by atoms with Gasteiger partial charge in [-0.25, -0.2) is 4.79 Å². The van der Waals surface area contributed by atoms with E-state index in [9.17, 15) is 14.4 Å². The molecule has 0 aliphatic carbocycles. The first-order valence-electron chi connectivity index (χ1n) is 5.30. The molecule has 90 valence electrons. The van der Waals surface area contributed by atoms with Gasteiger partial charge in [-0.05, 0) is 20.8 Å². The van der Waals surface area contributed by atoms with Gasteiger partial charge in [0.2, 0.25) is 0 Å². The second-order valence-corrected chi connectivity index (χ2v) is 4.87. The normalized spacial score (nSPS) is 21.8. The van der Waals surface area contributed by atoms with Crippen molar-refractivity contribution in [3.63, 3.8) is 0 Å². The number of carbonyl (C=O) groups is 3. The van der Waals surface area contributed by atoms with E-state index in [0.717, 1.165) is 0 Å². The van der Waals surface area contributed by atoms with Gasteiger partial charge < -0.3 is 9.53 Å². The third-order valence-corrected chi connectivity index (χ3v) is 2.25. The molecule has 5 nitrogen and oxygen atoms in total. The van der Waals surface area contributed by atoms with E-state index < -0.39 is 17.7 Å². The number of ether oxygens (including phenoxy) is 1. The minimum absolute atomic E-state index is 0.0110. The van der Waals surface area contributed by atoms with E-state index in [-0.39, 0.29) is 18.7 Å². The van der Waals surface area contributed by atoms with Crippen molar-refractivity contribution >= 4 is 18.2 Å². The predicted molar refractivity (Wildman–Crippen MR) is 57.0 cm³/mol. The fourth-order valence-electron chi connectivity index (χ4n) is 1.53. The van der Waals surface area contributed by atoms with Gasteiger partial charge in [0.15, 0.2) is 0 Å². The number of amides is 1. The summed E-state index contributed by atoms with van der Waals surface area (Å²) in [5.74, 6) is 0.0110. The van der Waals surface area contributed by atoms with Crippen molar-refractivity contribution in [1.29, 1.82) is 0 Å². The van der Waals surface area contributed by atoms with Gasteiger partial charge in [-0.15, -0.1) is 0 Å². The molecule has 1 heterocycles. The molecule has 1 saturated heterocycles. The molecule has 1 amide bonds. The summed E-state index contributed by atoms with van der Waals surface area (Å²) in [7, 11) is 0. The zero-order valence-corrected chi connectivity index (χ0v) is 9.86. The smallest absolute Gasteiger partial charge is 0.410 e. The number of hydrogen-bond donors (Lipinski definition) is 0. The first-order chi connectivity index (χ1) is 7.33. The van der Waals surface area contributed by atoms with Crippen molar-refractivity contribution in [2.45, 2.75) is 45.3 Å². The summed E-state index contributed by atoms with van der Waals surface area (Å²) in [6, 6.07) is -0.670. The zero-order valence-electron chi connectivity index (χ0n) is 9.86. The van der Waals surface area contributed by atoms with E-state index in [0.29, 0.717) is 12.7 Å². The molecule has 1 aliphatic heterocycles. The predicted octanol–water partition coefficient (Wildman–Crippen LogP) is 1.15. The van der Waals surface area contributed by atoms with Gasteiger partial charge in [-0.3, -0.25) is 9.69 Å². The highest BCUT2D eigenvalue weighted by molar-refractivity contribution is 5.86. The summed E-state index contributed by atoms with van der Waals surface area (Å²) >= 11 is 0. The molecule has 1 atom stereocenters. The Morgan fingerprint density at radius 3 is 2.62 bits per heavy atom. The van der Waals surface area contributed by atoms with Crippen molar-refractivity contribution < 1.29 is 19.1 Å². The van der Waals surface area contributed by atoms with Crippen LogP contribution >= 0.6 is 0 Å². The fraction of sp³-hybridized carbons (Fsp3) is 0.727. The van der Waals surface area contributed by atoms with E-state index in [1.165, 1.54) is 4.90 Å². The molecular formula is C11H17NO4. The number of carbonyl (C=O) groups excluding carboxylic acids is 3. The lowest BCUT2D eigenvalue weighted by molar-refractivity contribution is -0.127. The molecule has 5 heteroatoms. The third-order valence-electron chi connectivity index (χ3n) is 2.25. The van der Waals surface area contributed by atoms with Crippen molar-refractivity contribution in [2.24, 2.45) is 0 Å². The molecule has 1 aliphatic rings. The molecule has 0 N–H and O–H groups in total. The van der Waals surface area contributed by atoms with Crippen LogP contribution in [0.25, 0.3) is 0 Å². The molecule has 1 rings (SSSR count). The summed E-state index contributed by atoms with van der Waals surface area (Å²) in [5, 5.41) is 0. The summed E-state index contributed by atoms with van der Waals surface area (Å²) in [6.07, 6.45) is 0.491.